The molecule has 1 N–H and O–H groups in total. The highest BCUT2D eigenvalue weighted by molar-refractivity contribution is 5.95. The highest BCUT2D eigenvalue weighted by Gasteiger charge is 2.22. The van der Waals surface area contributed by atoms with Crippen molar-refractivity contribution in [3.05, 3.63) is 30.3 Å². The molecule has 1 fully saturated rings. The predicted molar refractivity (Wildman–Crippen MR) is 84.0 cm³/mol. The van der Waals surface area contributed by atoms with Gasteiger partial charge < -0.3 is 10.2 Å². The van der Waals surface area contributed by atoms with Crippen LogP contribution in [0.2, 0.25) is 0 Å². The van der Waals surface area contributed by atoms with E-state index in [2.05, 4.69) is 11.4 Å². The van der Waals surface area contributed by atoms with Crippen molar-refractivity contribution in [3.8, 4) is 6.07 Å². The number of rotatable bonds is 8. The maximum Gasteiger partial charge on any atom is 0.227 e. The summed E-state index contributed by atoms with van der Waals surface area (Å²) >= 11 is 0. The predicted octanol–water partition coefficient (Wildman–Crippen LogP) is 2.24. The van der Waals surface area contributed by atoms with Crippen molar-refractivity contribution in [3.63, 3.8) is 0 Å². The summed E-state index contributed by atoms with van der Waals surface area (Å²) in [5, 5.41) is 11.6. The largest absolute Gasteiger partial charge is 0.356 e. The number of carbonyl (C=O) groups is 2. The number of nitriles is 1. The lowest BCUT2D eigenvalue weighted by molar-refractivity contribution is -0.125. The van der Waals surface area contributed by atoms with Crippen LogP contribution >= 0.6 is 0 Å². The van der Waals surface area contributed by atoms with E-state index in [9.17, 15) is 9.59 Å². The summed E-state index contributed by atoms with van der Waals surface area (Å²) in [6.45, 7) is 1.08. The number of anilines is 1. The van der Waals surface area contributed by atoms with Gasteiger partial charge in [-0.15, -0.1) is 0 Å². The first kappa shape index (κ1) is 16.0. The SMILES string of the molecule is N#CCCN(C(=O)CCC(=O)NCC1CC1)c1ccccc1. The van der Waals surface area contributed by atoms with Crippen LogP contribution in [0.4, 0.5) is 5.69 Å². The minimum Gasteiger partial charge on any atom is -0.356 e. The first-order valence-electron chi connectivity index (χ1n) is 7.69. The third-order valence-electron chi connectivity index (χ3n) is 3.67. The Bertz CT molecular complexity index is 547. The monoisotopic (exact) mass is 299 g/mol. The molecular weight excluding hydrogens is 278 g/mol. The molecule has 1 aromatic carbocycles. The number of amides is 2. The van der Waals surface area contributed by atoms with E-state index < -0.39 is 0 Å². The van der Waals surface area contributed by atoms with Gasteiger partial charge >= 0.3 is 0 Å². The van der Waals surface area contributed by atoms with Crippen LogP contribution in [0.3, 0.4) is 0 Å². The molecule has 1 aliphatic rings. The third-order valence-corrected chi connectivity index (χ3v) is 3.67. The fourth-order valence-electron chi connectivity index (χ4n) is 2.19. The fourth-order valence-corrected chi connectivity index (χ4v) is 2.19. The van der Waals surface area contributed by atoms with E-state index in [-0.39, 0.29) is 31.1 Å². The van der Waals surface area contributed by atoms with Crippen LogP contribution in [0.15, 0.2) is 30.3 Å². The van der Waals surface area contributed by atoms with Gasteiger partial charge in [0, 0.05) is 31.6 Å². The Balaban J connectivity index is 1.85. The molecule has 22 heavy (non-hydrogen) atoms. The number of nitrogens with one attached hydrogen (secondary N) is 1. The molecule has 1 saturated carbocycles. The van der Waals surface area contributed by atoms with Gasteiger partial charge in [0.25, 0.3) is 0 Å². The molecule has 0 aromatic heterocycles. The van der Waals surface area contributed by atoms with Crippen LogP contribution in [0.5, 0.6) is 0 Å². The summed E-state index contributed by atoms with van der Waals surface area (Å²) in [5.74, 6) is 0.438. The minimum atomic E-state index is -0.122. The van der Waals surface area contributed by atoms with Gasteiger partial charge in [0.2, 0.25) is 11.8 Å². The molecule has 5 heteroatoms. The summed E-state index contributed by atoms with van der Waals surface area (Å²) in [4.78, 5) is 25.6. The van der Waals surface area contributed by atoms with E-state index in [4.69, 9.17) is 5.26 Å². The molecule has 0 saturated heterocycles. The van der Waals surface area contributed by atoms with Gasteiger partial charge in [-0.1, -0.05) is 18.2 Å². The third kappa shape index (κ3) is 5.21. The molecule has 0 unspecified atom stereocenters. The van der Waals surface area contributed by atoms with Crippen molar-refractivity contribution in [1.29, 1.82) is 5.26 Å². The van der Waals surface area contributed by atoms with E-state index in [1.165, 1.54) is 12.8 Å². The van der Waals surface area contributed by atoms with Gasteiger partial charge in [0.1, 0.15) is 0 Å². The maximum atomic E-state index is 12.3. The normalized spacial score (nSPS) is 13.2. The van der Waals surface area contributed by atoms with E-state index in [0.29, 0.717) is 12.5 Å². The van der Waals surface area contributed by atoms with Gasteiger partial charge in [-0.2, -0.15) is 5.26 Å². The molecule has 5 nitrogen and oxygen atoms in total. The van der Waals surface area contributed by atoms with E-state index >= 15 is 0 Å². The van der Waals surface area contributed by atoms with Crippen LogP contribution in [-0.2, 0) is 9.59 Å². The number of para-hydroxylation sites is 1. The van der Waals surface area contributed by atoms with Gasteiger partial charge in [-0.3, -0.25) is 9.59 Å². The Morgan fingerprint density at radius 3 is 2.59 bits per heavy atom. The second kappa shape index (κ2) is 8.18. The van der Waals surface area contributed by atoms with Crippen LogP contribution < -0.4 is 10.2 Å². The van der Waals surface area contributed by atoms with Crippen molar-refractivity contribution in [1.82, 2.24) is 5.32 Å². The molecule has 0 spiro atoms. The lowest BCUT2D eigenvalue weighted by Crippen LogP contribution is -2.33. The van der Waals surface area contributed by atoms with Crippen molar-refractivity contribution < 1.29 is 9.59 Å². The number of hydrogen-bond acceptors (Lipinski definition) is 3. The van der Waals surface area contributed by atoms with E-state index in [0.717, 1.165) is 12.2 Å². The fraction of sp³-hybridized carbons (Fsp3) is 0.471. The molecule has 116 valence electrons. The minimum absolute atomic E-state index is 0.0754. The molecular formula is C17H21N3O2. The van der Waals surface area contributed by atoms with Crippen LogP contribution in [0.1, 0.15) is 32.1 Å². The lowest BCUT2D eigenvalue weighted by atomic mass is 10.2. The van der Waals surface area contributed by atoms with Crippen molar-refractivity contribution in [2.45, 2.75) is 32.1 Å². The summed E-state index contributed by atoms with van der Waals surface area (Å²) in [5.41, 5.74) is 0.765. The molecule has 0 aliphatic heterocycles. The van der Waals surface area contributed by atoms with Gasteiger partial charge in [-0.25, -0.2) is 0 Å². The van der Waals surface area contributed by atoms with E-state index in [1.807, 2.05) is 30.3 Å². The van der Waals surface area contributed by atoms with Gasteiger partial charge in [0.15, 0.2) is 0 Å². The summed E-state index contributed by atoms with van der Waals surface area (Å²) < 4.78 is 0. The number of carbonyl (C=O) groups excluding carboxylic acids is 2. The molecule has 0 atom stereocenters. The van der Waals surface area contributed by atoms with E-state index in [1.54, 1.807) is 4.90 Å². The van der Waals surface area contributed by atoms with Crippen LogP contribution in [0, 0.1) is 17.2 Å². The molecule has 0 heterocycles. The second-order valence-electron chi connectivity index (χ2n) is 5.54. The molecule has 0 bridgehead atoms. The zero-order valence-corrected chi connectivity index (χ0v) is 12.6. The summed E-state index contributed by atoms with van der Waals surface area (Å²) in [6.07, 6.45) is 3.01. The number of benzene rings is 1. The zero-order chi connectivity index (χ0) is 15.8. The van der Waals surface area contributed by atoms with Crippen LogP contribution in [0.25, 0.3) is 0 Å². The quantitative estimate of drug-likeness (QED) is 0.800. The molecule has 1 aromatic rings. The molecule has 0 radical (unpaired) electrons. The van der Waals surface area contributed by atoms with Gasteiger partial charge in [-0.05, 0) is 30.9 Å². The standard InChI is InChI=1S/C17H21N3O2/c18-11-4-12-20(15-5-2-1-3-6-15)17(22)10-9-16(21)19-13-14-7-8-14/h1-3,5-6,14H,4,7-10,12-13H2,(H,19,21). The highest BCUT2D eigenvalue weighted by atomic mass is 16.2. The molecule has 1 aliphatic carbocycles. The first-order chi connectivity index (χ1) is 10.7. The lowest BCUT2D eigenvalue weighted by Gasteiger charge is -2.21. The van der Waals surface area contributed by atoms with Crippen molar-refractivity contribution in [2.75, 3.05) is 18.0 Å². The Labute approximate surface area is 130 Å². The molecule has 2 amide bonds. The maximum absolute atomic E-state index is 12.3. The summed E-state index contributed by atoms with van der Waals surface area (Å²) in [7, 11) is 0. The smallest absolute Gasteiger partial charge is 0.227 e. The Morgan fingerprint density at radius 1 is 1.23 bits per heavy atom. The Kier molecular flexibility index (Phi) is 5.96. The zero-order valence-electron chi connectivity index (χ0n) is 12.6. The highest BCUT2D eigenvalue weighted by Crippen LogP contribution is 2.27. The Hall–Kier alpha value is -2.35. The number of nitrogens with zero attached hydrogens (tertiary/aromatic N) is 2. The average Bonchev–Trinajstić information content (AvgIpc) is 3.36. The average molecular weight is 299 g/mol. The van der Waals surface area contributed by atoms with Crippen molar-refractivity contribution in [2.24, 2.45) is 5.92 Å². The molecule has 2 rings (SSSR count). The van der Waals surface area contributed by atoms with Gasteiger partial charge in [0.05, 0.1) is 12.5 Å². The Morgan fingerprint density at radius 2 is 1.95 bits per heavy atom. The summed E-state index contributed by atoms with van der Waals surface area (Å²) in [6, 6.07) is 11.3. The van der Waals surface area contributed by atoms with Crippen molar-refractivity contribution >= 4 is 17.5 Å². The van der Waals surface area contributed by atoms with Crippen LogP contribution in [-0.4, -0.2) is 24.9 Å². The topological polar surface area (TPSA) is 73.2 Å². The second-order valence-corrected chi connectivity index (χ2v) is 5.54. The number of hydrogen-bond donors (Lipinski definition) is 1. The first-order valence-corrected chi connectivity index (χ1v) is 7.69.